The highest BCUT2D eigenvalue weighted by molar-refractivity contribution is 6.35. The number of carbonyl (C=O) groups excluding carboxylic acids is 1. The molecule has 1 unspecified atom stereocenters. The van der Waals surface area contributed by atoms with E-state index in [4.69, 9.17) is 38.8 Å². The molecule has 2 aromatic carbocycles. The molecule has 0 spiro atoms. The number of carbonyl (C=O) groups is 2. The number of hydrogen-bond acceptors (Lipinski definition) is 5. The summed E-state index contributed by atoms with van der Waals surface area (Å²) in [5, 5.41) is 19.2. The zero-order valence-electron chi connectivity index (χ0n) is 12.9. The molecular weight excluding hydrogens is 369 g/mol. The fourth-order valence-electron chi connectivity index (χ4n) is 2.14. The van der Waals surface area contributed by atoms with Gasteiger partial charge in [-0.25, -0.2) is 4.79 Å². The molecule has 0 aromatic heterocycles. The third-order valence-electron chi connectivity index (χ3n) is 3.48. The number of carboxylic acids is 1. The third kappa shape index (κ3) is 4.85. The Hall–Kier alpha value is -2.28. The monoisotopic (exact) mass is 383 g/mol. The van der Waals surface area contributed by atoms with Gasteiger partial charge in [-0.1, -0.05) is 35.3 Å². The van der Waals surface area contributed by atoms with Gasteiger partial charge in [0, 0.05) is 15.6 Å². The second kappa shape index (κ2) is 8.20. The lowest BCUT2D eigenvalue weighted by atomic mass is 10.00. The van der Waals surface area contributed by atoms with Gasteiger partial charge in [0.15, 0.2) is 0 Å². The number of benzene rings is 2. The van der Waals surface area contributed by atoms with Gasteiger partial charge in [-0.3, -0.25) is 4.79 Å². The largest absolute Gasteiger partial charge is 0.508 e. The molecule has 0 heterocycles. The molecule has 0 aliphatic heterocycles. The van der Waals surface area contributed by atoms with Gasteiger partial charge in [0.2, 0.25) is 0 Å². The summed E-state index contributed by atoms with van der Waals surface area (Å²) in [6.07, 6.45) is -0.0904. The van der Waals surface area contributed by atoms with Crippen molar-refractivity contribution in [2.45, 2.75) is 19.1 Å². The highest BCUT2D eigenvalue weighted by Gasteiger charge is 2.20. The van der Waals surface area contributed by atoms with Gasteiger partial charge in [-0.15, -0.1) is 0 Å². The van der Waals surface area contributed by atoms with Gasteiger partial charge >= 0.3 is 11.9 Å². The number of hydrogen-bond donors (Lipinski definition) is 3. The van der Waals surface area contributed by atoms with Crippen LogP contribution >= 0.6 is 23.2 Å². The molecule has 0 fully saturated rings. The molecule has 132 valence electrons. The summed E-state index contributed by atoms with van der Waals surface area (Å²) in [7, 11) is 0. The maximum absolute atomic E-state index is 12.4. The SMILES string of the molecule is NC(Cc1ccc(O)cc1C(=O)OCc1c(Cl)cccc1Cl)C(=O)O. The van der Waals surface area contributed by atoms with Crippen LogP contribution in [0.2, 0.25) is 10.0 Å². The molecule has 6 nitrogen and oxygen atoms in total. The number of phenols is 1. The number of esters is 1. The Kier molecular flexibility index (Phi) is 6.25. The van der Waals surface area contributed by atoms with Gasteiger partial charge in [-0.2, -0.15) is 0 Å². The van der Waals surface area contributed by atoms with Crippen LogP contribution in [0.5, 0.6) is 5.75 Å². The van der Waals surface area contributed by atoms with Gasteiger partial charge < -0.3 is 20.7 Å². The van der Waals surface area contributed by atoms with Crippen molar-refractivity contribution < 1.29 is 24.5 Å². The summed E-state index contributed by atoms with van der Waals surface area (Å²) in [6.45, 7) is -0.169. The summed E-state index contributed by atoms with van der Waals surface area (Å²) < 4.78 is 5.21. The minimum atomic E-state index is -1.20. The second-order valence-corrected chi connectivity index (χ2v) is 6.08. The molecule has 1 atom stereocenters. The van der Waals surface area contributed by atoms with Crippen molar-refractivity contribution >= 4 is 35.1 Å². The van der Waals surface area contributed by atoms with E-state index in [1.165, 1.54) is 18.2 Å². The van der Waals surface area contributed by atoms with Crippen LogP contribution in [0.25, 0.3) is 0 Å². The normalized spacial score (nSPS) is 11.8. The number of carboxylic acid groups (broad SMARTS) is 1. The van der Waals surface area contributed by atoms with Crippen LogP contribution < -0.4 is 5.73 Å². The van der Waals surface area contributed by atoms with E-state index in [1.54, 1.807) is 18.2 Å². The van der Waals surface area contributed by atoms with Crippen molar-refractivity contribution in [3.63, 3.8) is 0 Å². The van der Waals surface area contributed by atoms with Crippen LogP contribution in [-0.2, 0) is 22.6 Å². The van der Waals surface area contributed by atoms with Gasteiger partial charge in [0.25, 0.3) is 0 Å². The molecule has 25 heavy (non-hydrogen) atoms. The van der Waals surface area contributed by atoms with Crippen LogP contribution in [0.15, 0.2) is 36.4 Å². The minimum absolute atomic E-state index is 0.0277. The number of nitrogens with two attached hydrogens (primary N) is 1. The Morgan fingerprint density at radius 3 is 2.40 bits per heavy atom. The molecule has 2 rings (SSSR count). The smallest absolute Gasteiger partial charge is 0.338 e. The van der Waals surface area contributed by atoms with E-state index in [0.29, 0.717) is 21.2 Å². The first-order valence-electron chi connectivity index (χ1n) is 7.20. The molecule has 0 saturated carbocycles. The van der Waals surface area contributed by atoms with Crippen LogP contribution in [0.4, 0.5) is 0 Å². The Balaban J connectivity index is 2.21. The standard InChI is InChI=1S/C17H15Cl2NO5/c18-13-2-1-3-14(19)12(13)8-25-17(24)11-7-10(21)5-4-9(11)6-15(20)16(22)23/h1-5,7,15,21H,6,8,20H2,(H,22,23). The number of rotatable bonds is 6. The maximum Gasteiger partial charge on any atom is 0.338 e. The molecule has 0 amide bonds. The first-order valence-corrected chi connectivity index (χ1v) is 7.95. The number of aliphatic carboxylic acids is 1. The fourth-order valence-corrected chi connectivity index (χ4v) is 2.65. The first-order chi connectivity index (χ1) is 11.8. The molecular formula is C17H15Cl2NO5. The number of ether oxygens (including phenoxy) is 1. The van der Waals surface area contributed by atoms with Crippen LogP contribution in [0.3, 0.4) is 0 Å². The van der Waals surface area contributed by atoms with Crippen molar-refractivity contribution in [3.05, 3.63) is 63.1 Å². The van der Waals surface area contributed by atoms with Crippen molar-refractivity contribution in [3.8, 4) is 5.75 Å². The lowest BCUT2D eigenvalue weighted by molar-refractivity contribution is -0.138. The van der Waals surface area contributed by atoms with E-state index in [0.717, 1.165) is 0 Å². The van der Waals surface area contributed by atoms with E-state index in [9.17, 15) is 14.7 Å². The van der Waals surface area contributed by atoms with Crippen molar-refractivity contribution in [1.82, 2.24) is 0 Å². The van der Waals surface area contributed by atoms with Crippen molar-refractivity contribution in [1.29, 1.82) is 0 Å². The van der Waals surface area contributed by atoms with Gasteiger partial charge in [-0.05, 0) is 36.2 Å². The van der Waals surface area contributed by atoms with Gasteiger partial charge in [0.1, 0.15) is 18.4 Å². The maximum atomic E-state index is 12.4. The van der Waals surface area contributed by atoms with Crippen LogP contribution in [0, 0.1) is 0 Å². The Morgan fingerprint density at radius 1 is 1.16 bits per heavy atom. The predicted molar refractivity (Wildman–Crippen MR) is 93.0 cm³/mol. The third-order valence-corrected chi connectivity index (χ3v) is 4.19. The van der Waals surface area contributed by atoms with E-state index in [1.807, 2.05) is 0 Å². The summed E-state index contributed by atoms with van der Waals surface area (Å²) in [5.74, 6) is -2.11. The minimum Gasteiger partial charge on any atom is -0.508 e. The van der Waals surface area contributed by atoms with Crippen molar-refractivity contribution in [2.24, 2.45) is 5.73 Å². The lowest BCUT2D eigenvalue weighted by Gasteiger charge is -2.13. The highest BCUT2D eigenvalue weighted by Crippen LogP contribution is 2.26. The summed E-state index contributed by atoms with van der Waals surface area (Å²) >= 11 is 12.0. The van der Waals surface area contributed by atoms with Gasteiger partial charge in [0.05, 0.1) is 5.56 Å². The number of aromatic hydroxyl groups is 1. The summed E-state index contributed by atoms with van der Waals surface area (Å²) in [6, 6.07) is 7.67. The van der Waals surface area contributed by atoms with E-state index in [-0.39, 0.29) is 24.3 Å². The summed E-state index contributed by atoms with van der Waals surface area (Å²) in [5.41, 5.74) is 6.34. The fraction of sp³-hybridized carbons (Fsp3) is 0.176. The topological polar surface area (TPSA) is 110 Å². The van der Waals surface area contributed by atoms with E-state index >= 15 is 0 Å². The molecule has 0 bridgehead atoms. The number of phenolic OH excluding ortho intramolecular Hbond substituents is 1. The van der Waals surface area contributed by atoms with Crippen LogP contribution in [0.1, 0.15) is 21.5 Å². The van der Waals surface area contributed by atoms with E-state index in [2.05, 4.69) is 0 Å². The zero-order valence-corrected chi connectivity index (χ0v) is 14.4. The zero-order chi connectivity index (χ0) is 18.6. The summed E-state index contributed by atoms with van der Waals surface area (Å²) in [4.78, 5) is 23.3. The number of halogens is 2. The molecule has 4 N–H and O–H groups in total. The Bertz CT molecular complexity index is 789. The quantitative estimate of drug-likeness (QED) is 0.661. The average Bonchev–Trinajstić information content (AvgIpc) is 2.55. The Labute approximate surface area is 153 Å². The highest BCUT2D eigenvalue weighted by atomic mass is 35.5. The molecule has 0 aliphatic rings. The molecule has 0 aliphatic carbocycles. The molecule has 8 heteroatoms. The first kappa shape index (κ1) is 19.1. The molecule has 2 aromatic rings. The second-order valence-electron chi connectivity index (χ2n) is 5.27. The molecule has 0 radical (unpaired) electrons. The predicted octanol–water partition coefficient (Wildman–Crippen LogP) is 3.01. The molecule has 0 saturated heterocycles. The average molecular weight is 384 g/mol. The van der Waals surface area contributed by atoms with Crippen LogP contribution in [-0.4, -0.2) is 28.2 Å². The van der Waals surface area contributed by atoms with Crippen molar-refractivity contribution in [2.75, 3.05) is 0 Å². The lowest BCUT2D eigenvalue weighted by Crippen LogP contribution is -2.32. The Morgan fingerprint density at radius 2 is 1.80 bits per heavy atom. The van der Waals surface area contributed by atoms with E-state index < -0.39 is 18.0 Å².